The lowest BCUT2D eigenvalue weighted by molar-refractivity contribution is 0.127. The van der Waals surface area contributed by atoms with E-state index in [1.165, 1.54) is 25.1 Å². The second kappa shape index (κ2) is 5.42. The Kier molecular flexibility index (Phi) is 4.18. The smallest absolute Gasteiger partial charge is 0.241 e. The highest BCUT2D eigenvalue weighted by molar-refractivity contribution is 7.89. The normalized spacial score (nSPS) is 26.9. The summed E-state index contributed by atoms with van der Waals surface area (Å²) in [7, 11) is -3.78. The van der Waals surface area contributed by atoms with Crippen molar-refractivity contribution in [2.45, 2.75) is 44.0 Å². The molecule has 1 aromatic carbocycles. The molecule has 1 saturated carbocycles. The Labute approximate surface area is 119 Å². The summed E-state index contributed by atoms with van der Waals surface area (Å²) in [6.07, 6.45) is 2.33. The fraction of sp³-hybridized carbons (Fsp3) is 0.571. The van der Waals surface area contributed by atoms with Gasteiger partial charge >= 0.3 is 0 Å². The standard InChI is InChI=1S/C14H20FNO3S/c1-10-11(15)5-3-6-12(10)20(18,19)16-13-7-4-8-14(13,2)9-17/h3,5-6,13,16-17H,4,7-9H2,1-2H3. The molecule has 0 radical (unpaired) electrons. The number of hydrogen-bond donors (Lipinski definition) is 2. The van der Waals surface area contributed by atoms with Crippen LogP contribution in [0.5, 0.6) is 0 Å². The Morgan fingerprint density at radius 3 is 2.85 bits per heavy atom. The van der Waals surface area contributed by atoms with Gasteiger partial charge in [0, 0.05) is 23.6 Å². The third-order valence-corrected chi connectivity index (χ3v) is 5.86. The summed E-state index contributed by atoms with van der Waals surface area (Å²) in [6.45, 7) is 3.25. The molecule has 0 saturated heterocycles. The summed E-state index contributed by atoms with van der Waals surface area (Å²) < 4.78 is 40.9. The summed E-state index contributed by atoms with van der Waals surface area (Å²) in [5.41, 5.74) is -0.336. The zero-order valence-electron chi connectivity index (χ0n) is 11.7. The van der Waals surface area contributed by atoms with Gasteiger partial charge in [-0.05, 0) is 31.9 Å². The molecule has 2 rings (SSSR count). The average Bonchev–Trinajstić information content (AvgIpc) is 2.74. The predicted octanol–water partition coefficient (Wildman–Crippen LogP) is 1.96. The van der Waals surface area contributed by atoms with Crippen LogP contribution >= 0.6 is 0 Å². The van der Waals surface area contributed by atoms with Gasteiger partial charge in [0.25, 0.3) is 0 Å². The third kappa shape index (κ3) is 2.73. The number of halogens is 1. The number of aliphatic hydroxyl groups is 1. The first-order chi connectivity index (χ1) is 9.30. The Hall–Kier alpha value is -0.980. The van der Waals surface area contributed by atoms with Gasteiger partial charge in [-0.25, -0.2) is 17.5 Å². The fourth-order valence-corrected chi connectivity index (χ4v) is 4.41. The molecule has 6 heteroatoms. The number of hydrogen-bond acceptors (Lipinski definition) is 3. The van der Waals surface area contributed by atoms with Crippen LogP contribution in [-0.2, 0) is 10.0 Å². The minimum Gasteiger partial charge on any atom is -0.396 e. The van der Waals surface area contributed by atoms with Crippen LogP contribution < -0.4 is 4.72 Å². The van der Waals surface area contributed by atoms with Gasteiger partial charge in [0.05, 0.1) is 4.90 Å². The summed E-state index contributed by atoms with van der Waals surface area (Å²) in [4.78, 5) is -0.0373. The molecule has 0 spiro atoms. The van der Waals surface area contributed by atoms with Crippen LogP contribution in [0.2, 0.25) is 0 Å². The van der Waals surface area contributed by atoms with Crippen molar-refractivity contribution < 1.29 is 17.9 Å². The second-order valence-corrected chi connectivity index (χ2v) is 7.42. The maximum absolute atomic E-state index is 13.5. The molecule has 2 unspecified atom stereocenters. The van der Waals surface area contributed by atoms with Gasteiger partial charge in [-0.3, -0.25) is 0 Å². The average molecular weight is 301 g/mol. The zero-order chi connectivity index (χ0) is 15.0. The molecular formula is C14H20FNO3S. The van der Waals surface area contributed by atoms with E-state index in [0.29, 0.717) is 6.42 Å². The van der Waals surface area contributed by atoms with Crippen molar-refractivity contribution in [1.29, 1.82) is 0 Å². The molecule has 0 heterocycles. The van der Waals surface area contributed by atoms with E-state index < -0.39 is 21.3 Å². The zero-order valence-corrected chi connectivity index (χ0v) is 12.5. The molecule has 1 aromatic rings. The van der Waals surface area contributed by atoms with Crippen LogP contribution in [0, 0.1) is 18.2 Å². The molecule has 0 aliphatic heterocycles. The van der Waals surface area contributed by atoms with Crippen LogP contribution in [0.3, 0.4) is 0 Å². The van der Waals surface area contributed by atoms with Crippen molar-refractivity contribution in [3.05, 3.63) is 29.6 Å². The van der Waals surface area contributed by atoms with Crippen molar-refractivity contribution in [2.24, 2.45) is 5.41 Å². The van der Waals surface area contributed by atoms with Gasteiger partial charge < -0.3 is 5.11 Å². The third-order valence-electron chi connectivity index (χ3n) is 4.25. The Balaban J connectivity index is 2.30. The molecule has 0 aromatic heterocycles. The highest BCUT2D eigenvalue weighted by Crippen LogP contribution is 2.38. The van der Waals surface area contributed by atoms with E-state index >= 15 is 0 Å². The van der Waals surface area contributed by atoms with Crippen LogP contribution in [-0.4, -0.2) is 26.2 Å². The largest absolute Gasteiger partial charge is 0.396 e. The molecule has 2 atom stereocenters. The van der Waals surface area contributed by atoms with E-state index in [9.17, 15) is 17.9 Å². The summed E-state index contributed by atoms with van der Waals surface area (Å²) >= 11 is 0. The van der Waals surface area contributed by atoms with Gasteiger partial charge in [-0.2, -0.15) is 0 Å². The monoisotopic (exact) mass is 301 g/mol. The molecule has 4 nitrogen and oxygen atoms in total. The molecule has 1 fully saturated rings. The molecular weight excluding hydrogens is 281 g/mol. The highest BCUT2D eigenvalue weighted by Gasteiger charge is 2.40. The van der Waals surface area contributed by atoms with E-state index in [1.54, 1.807) is 0 Å². The second-order valence-electron chi connectivity index (χ2n) is 5.74. The molecule has 0 amide bonds. The first-order valence-electron chi connectivity index (χ1n) is 6.68. The van der Waals surface area contributed by atoms with Crippen LogP contribution in [0.1, 0.15) is 31.7 Å². The highest BCUT2D eigenvalue weighted by atomic mass is 32.2. The molecule has 1 aliphatic rings. The van der Waals surface area contributed by atoms with Crippen molar-refractivity contribution in [3.63, 3.8) is 0 Å². The lowest BCUT2D eigenvalue weighted by atomic mass is 9.86. The number of benzene rings is 1. The first kappa shape index (κ1) is 15.4. The SMILES string of the molecule is Cc1c(F)cccc1S(=O)(=O)NC1CCCC1(C)CO. The molecule has 112 valence electrons. The first-order valence-corrected chi connectivity index (χ1v) is 8.17. The number of rotatable bonds is 4. The van der Waals surface area contributed by atoms with Gasteiger partial charge in [-0.1, -0.05) is 19.4 Å². The minimum absolute atomic E-state index is 0.0373. The van der Waals surface area contributed by atoms with E-state index in [2.05, 4.69) is 4.72 Å². The van der Waals surface area contributed by atoms with Crippen molar-refractivity contribution in [3.8, 4) is 0 Å². The summed E-state index contributed by atoms with van der Waals surface area (Å²) in [6, 6.07) is 3.70. The quantitative estimate of drug-likeness (QED) is 0.893. The summed E-state index contributed by atoms with van der Waals surface area (Å²) in [5, 5.41) is 9.47. The van der Waals surface area contributed by atoms with Crippen molar-refractivity contribution in [1.82, 2.24) is 4.72 Å². The Morgan fingerprint density at radius 1 is 1.50 bits per heavy atom. The number of nitrogens with one attached hydrogen (secondary N) is 1. The van der Waals surface area contributed by atoms with E-state index in [4.69, 9.17) is 0 Å². The van der Waals surface area contributed by atoms with E-state index in [-0.39, 0.29) is 23.1 Å². The van der Waals surface area contributed by atoms with Gasteiger partial charge in [0.1, 0.15) is 5.82 Å². The van der Waals surface area contributed by atoms with E-state index in [0.717, 1.165) is 12.8 Å². The Morgan fingerprint density at radius 2 is 2.20 bits per heavy atom. The minimum atomic E-state index is -3.78. The maximum Gasteiger partial charge on any atom is 0.241 e. The maximum atomic E-state index is 13.5. The van der Waals surface area contributed by atoms with Crippen LogP contribution in [0.4, 0.5) is 4.39 Å². The van der Waals surface area contributed by atoms with Gasteiger partial charge in [-0.15, -0.1) is 0 Å². The predicted molar refractivity (Wildman–Crippen MR) is 74.3 cm³/mol. The van der Waals surface area contributed by atoms with Crippen LogP contribution in [0.25, 0.3) is 0 Å². The van der Waals surface area contributed by atoms with Crippen molar-refractivity contribution in [2.75, 3.05) is 6.61 Å². The van der Waals surface area contributed by atoms with Gasteiger partial charge in [0.15, 0.2) is 0 Å². The lowest BCUT2D eigenvalue weighted by Crippen LogP contribution is -2.44. The lowest BCUT2D eigenvalue weighted by Gasteiger charge is -2.30. The van der Waals surface area contributed by atoms with Crippen LogP contribution in [0.15, 0.2) is 23.1 Å². The molecule has 0 bridgehead atoms. The Bertz CT molecular complexity index is 602. The van der Waals surface area contributed by atoms with Gasteiger partial charge in [0.2, 0.25) is 10.0 Å². The number of sulfonamides is 1. The molecule has 2 N–H and O–H groups in total. The summed E-state index contributed by atoms with van der Waals surface area (Å²) in [5.74, 6) is -0.538. The fourth-order valence-electron chi connectivity index (χ4n) is 2.75. The topological polar surface area (TPSA) is 66.4 Å². The van der Waals surface area contributed by atoms with E-state index in [1.807, 2.05) is 6.92 Å². The molecule has 1 aliphatic carbocycles. The van der Waals surface area contributed by atoms with Crippen molar-refractivity contribution >= 4 is 10.0 Å². The molecule has 20 heavy (non-hydrogen) atoms. The number of aliphatic hydroxyl groups excluding tert-OH is 1.